The molecule has 200 valence electrons. The van der Waals surface area contributed by atoms with Gasteiger partial charge in [-0.3, -0.25) is 19.2 Å². The van der Waals surface area contributed by atoms with Gasteiger partial charge in [0.15, 0.2) is 0 Å². The molecular formula is C26H36FeN6O4+2. The number of nitrogens with zero attached hydrogens (tertiary/aromatic N) is 2. The molecule has 4 amide bonds. The second-order valence-corrected chi connectivity index (χ2v) is 8.82. The average Bonchev–Trinajstić information content (AvgIpc) is 3.72. The van der Waals surface area contributed by atoms with E-state index in [-0.39, 0.29) is 52.8 Å². The number of nitrogens with two attached hydrogens (primary N) is 2. The van der Waals surface area contributed by atoms with E-state index in [4.69, 9.17) is 11.5 Å². The van der Waals surface area contributed by atoms with E-state index in [2.05, 4.69) is 10.6 Å². The zero-order valence-corrected chi connectivity index (χ0v) is 22.0. The van der Waals surface area contributed by atoms with E-state index < -0.39 is 0 Å². The van der Waals surface area contributed by atoms with Gasteiger partial charge in [-0.15, -0.1) is 0 Å². The molecule has 37 heavy (non-hydrogen) atoms. The number of hydrogen-bond acceptors (Lipinski definition) is 6. The smallest absolute Gasteiger partial charge is 0.353 e. The van der Waals surface area contributed by atoms with Crippen LogP contribution in [0.4, 0.5) is 0 Å². The van der Waals surface area contributed by atoms with Gasteiger partial charge in [0.2, 0.25) is 23.6 Å². The molecule has 4 fully saturated rings. The minimum atomic E-state index is -0.348. The molecule has 0 aromatic carbocycles. The van der Waals surface area contributed by atoms with Gasteiger partial charge in [0.05, 0.1) is 11.8 Å². The summed E-state index contributed by atoms with van der Waals surface area (Å²) in [5, 5.41) is 5.49. The molecule has 0 spiro atoms. The predicted molar refractivity (Wildman–Crippen MR) is 134 cm³/mol. The maximum absolute atomic E-state index is 12.2. The minimum Gasteiger partial charge on any atom is -0.353 e. The molecular weight excluding hydrogens is 516 g/mol. The molecule has 4 rings (SSSR count). The van der Waals surface area contributed by atoms with Crippen molar-refractivity contribution in [2.45, 2.75) is 37.8 Å². The van der Waals surface area contributed by atoms with E-state index in [1.807, 2.05) is 25.7 Å². The molecule has 0 bridgehead atoms. The Morgan fingerprint density at radius 1 is 0.703 bits per heavy atom. The predicted octanol–water partition coefficient (Wildman–Crippen LogP) is -1.09. The van der Waals surface area contributed by atoms with Crippen LogP contribution < -0.4 is 22.1 Å². The normalized spacial score (nSPS) is 23.8. The fourth-order valence-electron chi connectivity index (χ4n) is 4.56. The van der Waals surface area contributed by atoms with Gasteiger partial charge in [0.1, 0.15) is 12.1 Å². The van der Waals surface area contributed by atoms with Crippen LogP contribution >= 0.6 is 0 Å². The number of carbonyl (C=O) groups excluding carboxylic acids is 4. The van der Waals surface area contributed by atoms with E-state index in [1.54, 1.807) is 35.5 Å². The second kappa shape index (κ2) is 16.3. The maximum Gasteiger partial charge on any atom is 2.00 e. The van der Waals surface area contributed by atoms with Crippen LogP contribution in [0.3, 0.4) is 0 Å². The zero-order valence-electron chi connectivity index (χ0n) is 20.9. The Bertz CT molecular complexity index is 695. The summed E-state index contributed by atoms with van der Waals surface area (Å²) in [6.45, 7) is 3.02. The van der Waals surface area contributed by atoms with E-state index in [9.17, 15) is 19.2 Å². The first-order valence-electron chi connectivity index (χ1n) is 12.5. The van der Waals surface area contributed by atoms with Gasteiger partial charge >= 0.3 is 17.1 Å². The van der Waals surface area contributed by atoms with Gasteiger partial charge in [-0.1, -0.05) is 0 Å². The van der Waals surface area contributed by atoms with Crippen molar-refractivity contribution >= 4 is 23.6 Å². The van der Waals surface area contributed by atoms with Crippen molar-refractivity contribution in [3.8, 4) is 0 Å². The molecule has 2 aliphatic heterocycles. The van der Waals surface area contributed by atoms with Gasteiger partial charge in [0, 0.05) is 39.3 Å². The summed E-state index contributed by atoms with van der Waals surface area (Å²) in [6.07, 6.45) is 17.6. The molecule has 2 heterocycles. The number of carbonyl (C=O) groups is 4. The molecule has 2 aliphatic carbocycles. The van der Waals surface area contributed by atoms with Gasteiger partial charge in [-0.25, -0.2) is 0 Å². The van der Waals surface area contributed by atoms with Crippen molar-refractivity contribution in [3.05, 3.63) is 63.2 Å². The third-order valence-corrected chi connectivity index (χ3v) is 6.34. The van der Waals surface area contributed by atoms with Crippen LogP contribution in [0.1, 0.15) is 25.7 Å². The summed E-state index contributed by atoms with van der Waals surface area (Å²) in [4.78, 5) is 51.6. The van der Waals surface area contributed by atoms with Crippen LogP contribution in [-0.2, 0) is 36.2 Å². The van der Waals surface area contributed by atoms with E-state index in [0.29, 0.717) is 51.1 Å². The fraction of sp³-hybridized carbons (Fsp3) is 0.462. The van der Waals surface area contributed by atoms with Crippen LogP contribution in [0.2, 0.25) is 0 Å². The molecule has 2 atom stereocenters. The van der Waals surface area contributed by atoms with Crippen molar-refractivity contribution in [1.29, 1.82) is 0 Å². The Morgan fingerprint density at radius 2 is 1.05 bits per heavy atom. The van der Waals surface area contributed by atoms with E-state index in [0.717, 1.165) is 25.7 Å². The molecule has 0 unspecified atom stereocenters. The number of likely N-dealkylation sites (tertiary alicyclic amines) is 2. The van der Waals surface area contributed by atoms with Gasteiger partial charge in [-0.2, -0.15) is 0 Å². The largest absolute Gasteiger partial charge is 2.00 e. The van der Waals surface area contributed by atoms with Crippen LogP contribution in [0.15, 0.2) is 0 Å². The Kier molecular flexibility index (Phi) is 13.9. The third-order valence-electron chi connectivity index (χ3n) is 6.34. The molecule has 6 N–H and O–H groups in total. The average molecular weight is 552 g/mol. The Morgan fingerprint density at radius 3 is 1.38 bits per heavy atom. The fourth-order valence-corrected chi connectivity index (χ4v) is 4.56. The molecule has 10 nitrogen and oxygen atoms in total. The summed E-state index contributed by atoms with van der Waals surface area (Å²) < 4.78 is 0. The number of rotatable bonds is 8. The van der Waals surface area contributed by atoms with Gasteiger partial charge < -0.3 is 31.9 Å². The monoisotopic (exact) mass is 552 g/mol. The van der Waals surface area contributed by atoms with Crippen LogP contribution in [0.25, 0.3) is 0 Å². The first-order valence-corrected chi connectivity index (χ1v) is 12.5. The molecule has 2 saturated carbocycles. The summed E-state index contributed by atoms with van der Waals surface area (Å²) in [5.74, 6) is 0.966. The number of hydrogen-bond donors (Lipinski definition) is 4. The maximum atomic E-state index is 12.2. The van der Waals surface area contributed by atoms with Crippen LogP contribution in [-0.4, -0.2) is 84.8 Å². The summed E-state index contributed by atoms with van der Waals surface area (Å²) in [5.41, 5.74) is 10.7. The van der Waals surface area contributed by atoms with Crippen LogP contribution in [0.5, 0.6) is 0 Å². The Balaban J connectivity index is 0.000000253. The molecule has 0 aromatic heterocycles. The second-order valence-electron chi connectivity index (χ2n) is 8.82. The quantitative estimate of drug-likeness (QED) is 0.281. The molecule has 10 radical (unpaired) electrons. The Hall–Kier alpha value is -1.68. The first-order chi connectivity index (χ1) is 17.5. The van der Waals surface area contributed by atoms with Gasteiger partial charge in [0.25, 0.3) is 0 Å². The molecule has 2 saturated heterocycles. The number of amides is 4. The first kappa shape index (κ1) is 31.5. The zero-order chi connectivity index (χ0) is 25.9. The van der Waals surface area contributed by atoms with Crippen molar-refractivity contribution in [2.75, 3.05) is 39.3 Å². The van der Waals surface area contributed by atoms with E-state index >= 15 is 0 Å². The molecule has 11 heteroatoms. The number of nitrogens with one attached hydrogen (secondary N) is 2. The SMILES string of the molecule is NCCNC(=O)[C@@H]1CCCN1C(=O)[C]1[CH][CH][CH][CH]1.NCCNC(=O)[C@@H]1CCCN1C(=O)[C]1[CH][CH][CH][CH]1.[Fe+2]. The summed E-state index contributed by atoms with van der Waals surface area (Å²) in [6, 6.07) is -0.696. The van der Waals surface area contributed by atoms with Gasteiger partial charge in [-0.05, 0) is 77.0 Å². The van der Waals surface area contributed by atoms with Crippen LogP contribution in [0, 0.1) is 63.2 Å². The van der Waals surface area contributed by atoms with Crippen molar-refractivity contribution < 1.29 is 36.2 Å². The third kappa shape index (κ3) is 8.67. The summed E-state index contributed by atoms with van der Waals surface area (Å²) in [7, 11) is 0. The van der Waals surface area contributed by atoms with E-state index in [1.165, 1.54) is 0 Å². The van der Waals surface area contributed by atoms with Crippen molar-refractivity contribution in [2.24, 2.45) is 11.5 Å². The van der Waals surface area contributed by atoms with Crippen molar-refractivity contribution in [1.82, 2.24) is 20.4 Å². The molecule has 0 aromatic rings. The topological polar surface area (TPSA) is 151 Å². The molecule has 4 aliphatic rings. The van der Waals surface area contributed by atoms with Crippen molar-refractivity contribution in [3.63, 3.8) is 0 Å². The minimum absolute atomic E-state index is 0. The standard InChI is InChI=1S/2C13H18N3O2.Fe/c2*14-7-8-15-12(17)11-6-3-9-16(11)13(18)10-4-1-2-5-10;/h2*1-2,4-5,11H,3,6-9,14H2,(H,15,17);/q;;+2/t2*11-;/m00./s1. The Labute approximate surface area is 231 Å². The summed E-state index contributed by atoms with van der Waals surface area (Å²) >= 11 is 0.